The second-order valence-corrected chi connectivity index (χ2v) is 4.05. The third-order valence-corrected chi connectivity index (χ3v) is 2.65. The van der Waals surface area contributed by atoms with Crippen LogP contribution in [0.2, 0.25) is 0 Å². The summed E-state index contributed by atoms with van der Waals surface area (Å²) in [5, 5.41) is 2.63. The molecular weight excluding hydrogens is 216 g/mol. The van der Waals surface area contributed by atoms with Gasteiger partial charge < -0.3 is 4.90 Å². The smallest absolute Gasteiger partial charge is 0.330 e. The summed E-state index contributed by atoms with van der Waals surface area (Å²) in [6, 6.07) is 0.195. The van der Waals surface area contributed by atoms with Gasteiger partial charge >= 0.3 is 6.03 Å². The molecule has 0 aromatic rings. The number of urea groups is 1. The second kappa shape index (κ2) is 3.73. The van der Waals surface area contributed by atoms with Gasteiger partial charge in [-0.15, -0.1) is 11.6 Å². The third-order valence-electron chi connectivity index (χ3n) is 2.40. The molecule has 2 heterocycles. The van der Waals surface area contributed by atoms with Crippen LogP contribution in [0.3, 0.4) is 0 Å². The number of amidine groups is 1. The molecule has 0 fully saturated rings. The van der Waals surface area contributed by atoms with Gasteiger partial charge in [-0.3, -0.25) is 10.2 Å². The maximum Gasteiger partial charge on any atom is 0.330 e. The summed E-state index contributed by atoms with van der Waals surface area (Å²) < 4.78 is 0. The second-order valence-electron chi connectivity index (χ2n) is 3.79. The molecule has 2 rings (SSSR count). The molecule has 0 bridgehead atoms. The summed E-state index contributed by atoms with van der Waals surface area (Å²) in [5.41, 5.74) is 0. The number of carbonyl (C=O) groups excluding carboxylic acids is 1. The van der Waals surface area contributed by atoms with E-state index in [9.17, 15) is 4.79 Å². The quantitative estimate of drug-likeness (QED) is 0.721. The van der Waals surface area contributed by atoms with Crippen LogP contribution in [-0.4, -0.2) is 40.3 Å². The summed E-state index contributed by atoms with van der Waals surface area (Å²) in [7, 11) is 0. The van der Waals surface area contributed by atoms with Gasteiger partial charge in [0.05, 0.1) is 5.88 Å². The molecular formula is C9H13ClN4O. The lowest BCUT2D eigenvalue weighted by Crippen LogP contribution is -2.47. The first-order valence-corrected chi connectivity index (χ1v) is 5.35. The Balaban J connectivity index is 2.25. The SMILES string of the molecule is CC(C)N1C=C2N=C(CCl)NC(=O)N2C1. The number of hydrogen-bond donors (Lipinski definition) is 1. The van der Waals surface area contributed by atoms with Crippen molar-refractivity contribution in [2.75, 3.05) is 12.5 Å². The standard InChI is InChI=1S/C9H13ClN4O/c1-6(2)13-4-8-11-7(3-10)12-9(15)14(8)5-13/h4,6H,3,5H2,1-2H3,(H,11,12,15). The molecule has 2 aliphatic rings. The molecule has 0 saturated carbocycles. The number of fused-ring (bicyclic) bond motifs is 1. The van der Waals surface area contributed by atoms with Crippen molar-refractivity contribution in [3.8, 4) is 0 Å². The fraction of sp³-hybridized carbons (Fsp3) is 0.556. The molecule has 1 N–H and O–H groups in total. The zero-order valence-corrected chi connectivity index (χ0v) is 9.45. The minimum atomic E-state index is -0.157. The van der Waals surface area contributed by atoms with Gasteiger partial charge in [0.1, 0.15) is 12.5 Å². The van der Waals surface area contributed by atoms with E-state index in [0.29, 0.717) is 24.4 Å². The molecule has 0 spiro atoms. The van der Waals surface area contributed by atoms with Crippen LogP contribution in [0.4, 0.5) is 4.79 Å². The van der Waals surface area contributed by atoms with Crippen molar-refractivity contribution in [2.45, 2.75) is 19.9 Å². The van der Waals surface area contributed by atoms with Crippen LogP contribution >= 0.6 is 11.6 Å². The fourth-order valence-electron chi connectivity index (χ4n) is 1.48. The molecule has 0 unspecified atom stereocenters. The van der Waals surface area contributed by atoms with Crippen molar-refractivity contribution in [3.63, 3.8) is 0 Å². The topological polar surface area (TPSA) is 47.9 Å². The molecule has 6 heteroatoms. The zero-order chi connectivity index (χ0) is 11.0. The van der Waals surface area contributed by atoms with Crippen molar-refractivity contribution in [1.82, 2.24) is 15.1 Å². The number of hydrogen-bond acceptors (Lipinski definition) is 3. The maximum absolute atomic E-state index is 11.6. The van der Waals surface area contributed by atoms with Crippen molar-refractivity contribution < 1.29 is 4.79 Å². The molecule has 0 aromatic heterocycles. The van der Waals surface area contributed by atoms with Crippen LogP contribution in [0.1, 0.15) is 13.8 Å². The molecule has 5 nitrogen and oxygen atoms in total. The number of rotatable bonds is 2. The number of nitrogens with zero attached hydrogens (tertiary/aromatic N) is 3. The van der Waals surface area contributed by atoms with Crippen LogP contribution in [0, 0.1) is 0 Å². The zero-order valence-electron chi connectivity index (χ0n) is 8.70. The Labute approximate surface area is 93.4 Å². The highest BCUT2D eigenvalue weighted by molar-refractivity contribution is 6.29. The lowest BCUT2D eigenvalue weighted by atomic mass is 10.4. The van der Waals surface area contributed by atoms with Crippen LogP contribution < -0.4 is 5.32 Å². The molecule has 0 saturated heterocycles. The van der Waals surface area contributed by atoms with Crippen LogP contribution in [-0.2, 0) is 0 Å². The first-order chi connectivity index (χ1) is 7.11. The Kier molecular flexibility index (Phi) is 2.56. The van der Waals surface area contributed by atoms with Crippen molar-refractivity contribution in [2.24, 2.45) is 4.99 Å². The van der Waals surface area contributed by atoms with Crippen molar-refractivity contribution in [3.05, 3.63) is 12.0 Å². The van der Waals surface area contributed by atoms with Gasteiger partial charge in [-0.25, -0.2) is 9.79 Å². The Morgan fingerprint density at radius 1 is 1.67 bits per heavy atom. The Morgan fingerprint density at radius 2 is 2.40 bits per heavy atom. The van der Waals surface area contributed by atoms with Crippen LogP contribution in [0.5, 0.6) is 0 Å². The number of nitrogens with one attached hydrogen (secondary N) is 1. The molecule has 0 radical (unpaired) electrons. The average molecular weight is 229 g/mol. The minimum Gasteiger partial charge on any atom is -0.354 e. The predicted octanol–water partition coefficient (Wildman–Crippen LogP) is 1.13. The molecule has 2 amide bonds. The van der Waals surface area contributed by atoms with E-state index in [2.05, 4.69) is 29.1 Å². The Bertz CT molecular complexity index is 350. The monoisotopic (exact) mass is 228 g/mol. The first kappa shape index (κ1) is 10.3. The summed E-state index contributed by atoms with van der Waals surface area (Å²) in [6.07, 6.45) is 1.88. The molecule has 0 aliphatic carbocycles. The molecule has 0 aromatic carbocycles. The van der Waals surface area contributed by atoms with Crippen molar-refractivity contribution in [1.29, 1.82) is 0 Å². The van der Waals surface area contributed by atoms with E-state index in [1.54, 1.807) is 4.90 Å². The van der Waals surface area contributed by atoms with E-state index in [4.69, 9.17) is 11.6 Å². The number of aliphatic imine (C=N–C) groups is 1. The lowest BCUT2D eigenvalue weighted by Gasteiger charge is -2.25. The van der Waals surface area contributed by atoms with Gasteiger partial charge in [0, 0.05) is 12.2 Å². The fourth-order valence-corrected chi connectivity index (χ4v) is 1.61. The van der Waals surface area contributed by atoms with E-state index in [1.165, 1.54) is 0 Å². The van der Waals surface area contributed by atoms with Gasteiger partial charge in [-0.05, 0) is 13.8 Å². The van der Waals surface area contributed by atoms with Gasteiger partial charge in [0.15, 0.2) is 5.82 Å². The minimum absolute atomic E-state index is 0.157. The predicted molar refractivity (Wildman–Crippen MR) is 58.5 cm³/mol. The molecule has 82 valence electrons. The van der Waals surface area contributed by atoms with Crippen molar-refractivity contribution >= 4 is 23.5 Å². The summed E-state index contributed by atoms with van der Waals surface area (Å²) in [5.74, 6) is 1.40. The van der Waals surface area contributed by atoms with E-state index < -0.39 is 0 Å². The number of carbonyl (C=O) groups is 1. The summed E-state index contributed by atoms with van der Waals surface area (Å²) in [4.78, 5) is 19.5. The lowest BCUT2D eigenvalue weighted by molar-refractivity contribution is 0.193. The van der Waals surface area contributed by atoms with Crippen LogP contribution in [0.15, 0.2) is 17.0 Å². The highest BCUT2D eigenvalue weighted by atomic mass is 35.5. The summed E-state index contributed by atoms with van der Waals surface area (Å²) in [6.45, 7) is 4.69. The summed E-state index contributed by atoms with van der Waals surface area (Å²) >= 11 is 5.63. The molecule has 15 heavy (non-hydrogen) atoms. The van der Waals surface area contributed by atoms with E-state index in [-0.39, 0.29) is 11.9 Å². The third kappa shape index (κ3) is 1.79. The van der Waals surface area contributed by atoms with Gasteiger partial charge in [-0.1, -0.05) is 0 Å². The highest BCUT2D eigenvalue weighted by Gasteiger charge is 2.31. The van der Waals surface area contributed by atoms with E-state index in [1.807, 2.05) is 6.20 Å². The normalized spacial score (nSPS) is 20.1. The largest absolute Gasteiger partial charge is 0.354 e. The molecule has 2 aliphatic heterocycles. The number of alkyl halides is 1. The van der Waals surface area contributed by atoms with Crippen LogP contribution in [0.25, 0.3) is 0 Å². The van der Waals surface area contributed by atoms with Gasteiger partial charge in [-0.2, -0.15) is 0 Å². The van der Waals surface area contributed by atoms with Gasteiger partial charge in [0.2, 0.25) is 0 Å². The van der Waals surface area contributed by atoms with E-state index in [0.717, 1.165) is 0 Å². The van der Waals surface area contributed by atoms with Gasteiger partial charge in [0.25, 0.3) is 0 Å². The average Bonchev–Trinajstić information content (AvgIpc) is 2.61. The first-order valence-electron chi connectivity index (χ1n) is 4.81. The number of amides is 2. The molecule has 0 atom stereocenters. The Morgan fingerprint density at radius 3 is 3.00 bits per heavy atom. The Hall–Kier alpha value is -1.23. The maximum atomic E-state index is 11.6. The number of halogens is 1. The van der Waals surface area contributed by atoms with E-state index >= 15 is 0 Å². The highest BCUT2D eigenvalue weighted by Crippen LogP contribution is 2.21.